The monoisotopic (exact) mass is 217 g/mol. The van der Waals surface area contributed by atoms with Crippen LogP contribution >= 0.6 is 0 Å². The lowest BCUT2D eigenvalue weighted by molar-refractivity contribution is -0.147. The summed E-state index contributed by atoms with van der Waals surface area (Å²) in [6, 6.07) is -1.51. The number of aliphatic carboxylic acids is 2. The molecule has 0 aliphatic heterocycles. The summed E-state index contributed by atoms with van der Waals surface area (Å²) >= 11 is 0. The van der Waals surface area contributed by atoms with E-state index in [0.29, 0.717) is 0 Å². The third kappa shape index (κ3) is 6.19. The molecule has 0 saturated carbocycles. The fraction of sp³-hybridized carbons (Fsp3) is 0.500. The van der Waals surface area contributed by atoms with Crippen molar-refractivity contribution in [3.8, 4) is 0 Å². The lowest BCUT2D eigenvalue weighted by atomic mass is 10.2. The molecule has 0 saturated heterocycles. The van der Waals surface area contributed by atoms with E-state index in [1.807, 2.05) is 5.32 Å². The maximum Gasteiger partial charge on any atom is 0.326 e. The highest BCUT2D eigenvalue weighted by Gasteiger charge is 2.23. The second kappa shape index (κ2) is 5.74. The number of ketones is 1. The summed E-state index contributed by atoms with van der Waals surface area (Å²) in [6.07, 6.45) is -1.18. The molecule has 0 heterocycles. The predicted molar refractivity (Wildman–Crippen MR) is 47.1 cm³/mol. The van der Waals surface area contributed by atoms with Gasteiger partial charge in [0.05, 0.1) is 12.8 Å². The van der Waals surface area contributed by atoms with Crippen LogP contribution in [0.1, 0.15) is 19.8 Å². The minimum absolute atomic E-state index is 0.424. The summed E-state index contributed by atoms with van der Waals surface area (Å²) in [7, 11) is 0. The molecule has 0 aromatic carbocycles. The highest BCUT2D eigenvalue weighted by molar-refractivity contribution is 5.98. The zero-order chi connectivity index (χ0) is 12.0. The molecule has 0 spiro atoms. The molecule has 0 aliphatic rings. The molecule has 15 heavy (non-hydrogen) atoms. The number of nitrogens with one attached hydrogen (secondary N) is 1. The molecule has 0 aromatic heterocycles. The van der Waals surface area contributed by atoms with Crippen LogP contribution in [0.5, 0.6) is 0 Å². The molecule has 1 unspecified atom stereocenters. The largest absolute Gasteiger partial charge is 0.481 e. The number of carboxylic acids is 2. The van der Waals surface area contributed by atoms with E-state index in [1.165, 1.54) is 6.92 Å². The SMILES string of the molecule is CC(=O)CC(=O)NC(CC(=O)O)C(=O)O. The van der Waals surface area contributed by atoms with E-state index in [-0.39, 0.29) is 0 Å². The standard InChI is InChI=1S/C8H11NO6/c1-4(10)2-6(11)9-5(8(14)15)3-7(12)13/h5H,2-3H2,1H3,(H,9,11)(H,12,13)(H,14,15). The smallest absolute Gasteiger partial charge is 0.326 e. The summed E-state index contributed by atoms with van der Waals surface area (Å²) in [6.45, 7) is 1.17. The molecule has 0 radical (unpaired) electrons. The highest BCUT2D eigenvalue weighted by atomic mass is 16.4. The molecule has 7 nitrogen and oxygen atoms in total. The molecule has 84 valence electrons. The minimum Gasteiger partial charge on any atom is -0.481 e. The van der Waals surface area contributed by atoms with Crippen LogP contribution in [0.2, 0.25) is 0 Å². The van der Waals surface area contributed by atoms with Crippen molar-refractivity contribution in [3.63, 3.8) is 0 Å². The Morgan fingerprint density at radius 2 is 1.73 bits per heavy atom. The van der Waals surface area contributed by atoms with E-state index >= 15 is 0 Å². The number of carbonyl (C=O) groups excluding carboxylic acids is 2. The molecule has 1 atom stereocenters. The van der Waals surface area contributed by atoms with Gasteiger partial charge in [-0.1, -0.05) is 0 Å². The zero-order valence-corrected chi connectivity index (χ0v) is 8.02. The lowest BCUT2D eigenvalue weighted by Crippen LogP contribution is -2.42. The van der Waals surface area contributed by atoms with Crippen molar-refractivity contribution in [3.05, 3.63) is 0 Å². The van der Waals surface area contributed by atoms with Gasteiger partial charge in [0.25, 0.3) is 0 Å². The van der Waals surface area contributed by atoms with E-state index in [0.717, 1.165) is 0 Å². The second-order valence-electron chi connectivity index (χ2n) is 2.93. The predicted octanol–water partition coefficient (Wildman–Crippen LogP) is -0.990. The van der Waals surface area contributed by atoms with Crippen LogP contribution in [-0.2, 0) is 19.2 Å². The van der Waals surface area contributed by atoms with Gasteiger partial charge in [0, 0.05) is 0 Å². The first-order valence-corrected chi connectivity index (χ1v) is 4.06. The van der Waals surface area contributed by atoms with Crippen molar-refractivity contribution in [1.29, 1.82) is 0 Å². The second-order valence-corrected chi connectivity index (χ2v) is 2.93. The first-order chi connectivity index (χ1) is 6.82. The number of Topliss-reactive ketones (excluding diaryl/α,β-unsaturated/α-hetero) is 1. The van der Waals surface area contributed by atoms with Gasteiger partial charge < -0.3 is 15.5 Å². The molecule has 1 amide bonds. The number of rotatable bonds is 6. The molecule has 0 rings (SSSR count). The molecule has 7 heteroatoms. The van der Waals surface area contributed by atoms with Crippen molar-refractivity contribution in [2.24, 2.45) is 0 Å². The van der Waals surface area contributed by atoms with Gasteiger partial charge in [-0.15, -0.1) is 0 Å². The number of carboxylic acid groups (broad SMARTS) is 2. The van der Waals surface area contributed by atoms with Crippen molar-refractivity contribution in [2.45, 2.75) is 25.8 Å². The molecule has 0 aromatic rings. The van der Waals surface area contributed by atoms with Gasteiger partial charge in [-0.3, -0.25) is 14.4 Å². The number of hydrogen-bond acceptors (Lipinski definition) is 4. The van der Waals surface area contributed by atoms with Gasteiger partial charge >= 0.3 is 11.9 Å². The van der Waals surface area contributed by atoms with E-state index < -0.39 is 42.5 Å². The Hall–Kier alpha value is -1.92. The molecule has 0 fully saturated rings. The van der Waals surface area contributed by atoms with Crippen LogP contribution in [0.4, 0.5) is 0 Å². The summed E-state index contributed by atoms with van der Waals surface area (Å²) in [5.41, 5.74) is 0. The van der Waals surface area contributed by atoms with Crippen LogP contribution in [-0.4, -0.2) is 39.9 Å². The van der Waals surface area contributed by atoms with E-state index in [4.69, 9.17) is 10.2 Å². The highest BCUT2D eigenvalue weighted by Crippen LogP contribution is 1.94. The van der Waals surface area contributed by atoms with Crippen LogP contribution in [0.3, 0.4) is 0 Å². The Morgan fingerprint density at radius 3 is 2.07 bits per heavy atom. The summed E-state index contributed by atoms with van der Waals surface area (Å²) in [5.74, 6) is -4.01. The zero-order valence-electron chi connectivity index (χ0n) is 8.02. The Kier molecular flexibility index (Phi) is 5.00. The third-order valence-electron chi connectivity index (χ3n) is 1.42. The normalized spacial score (nSPS) is 11.5. The van der Waals surface area contributed by atoms with Crippen LogP contribution in [0.15, 0.2) is 0 Å². The van der Waals surface area contributed by atoms with Gasteiger partial charge in [-0.2, -0.15) is 0 Å². The summed E-state index contributed by atoms with van der Waals surface area (Å²) in [5, 5.41) is 18.8. The van der Waals surface area contributed by atoms with E-state index in [9.17, 15) is 19.2 Å². The first-order valence-electron chi connectivity index (χ1n) is 4.06. The lowest BCUT2D eigenvalue weighted by Gasteiger charge is -2.11. The van der Waals surface area contributed by atoms with E-state index in [2.05, 4.69) is 0 Å². The topological polar surface area (TPSA) is 121 Å². The number of hydrogen-bond donors (Lipinski definition) is 3. The van der Waals surface area contributed by atoms with Crippen LogP contribution in [0.25, 0.3) is 0 Å². The Labute approximate surface area is 85.1 Å². The van der Waals surface area contributed by atoms with Gasteiger partial charge in [0.15, 0.2) is 0 Å². The number of carbonyl (C=O) groups is 4. The maximum absolute atomic E-state index is 11.0. The summed E-state index contributed by atoms with van der Waals surface area (Å²) in [4.78, 5) is 42.2. The Morgan fingerprint density at radius 1 is 1.20 bits per heavy atom. The molecular formula is C8H11NO6. The molecule has 3 N–H and O–H groups in total. The molecule has 0 bridgehead atoms. The first kappa shape index (κ1) is 13.1. The maximum atomic E-state index is 11.0. The van der Waals surface area contributed by atoms with Crippen molar-refractivity contribution >= 4 is 23.6 Å². The Balaban J connectivity index is 4.28. The van der Waals surface area contributed by atoms with Gasteiger partial charge in [0.1, 0.15) is 11.8 Å². The van der Waals surface area contributed by atoms with Gasteiger partial charge in [0.2, 0.25) is 5.91 Å². The third-order valence-corrected chi connectivity index (χ3v) is 1.42. The van der Waals surface area contributed by atoms with Gasteiger partial charge in [-0.05, 0) is 6.92 Å². The average Bonchev–Trinajstić information content (AvgIpc) is 1.99. The fourth-order valence-electron chi connectivity index (χ4n) is 0.846. The van der Waals surface area contributed by atoms with Gasteiger partial charge in [-0.25, -0.2) is 4.79 Å². The average molecular weight is 217 g/mol. The van der Waals surface area contributed by atoms with E-state index in [1.54, 1.807) is 0 Å². The van der Waals surface area contributed by atoms with Crippen molar-refractivity contribution in [2.75, 3.05) is 0 Å². The quantitative estimate of drug-likeness (QED) is 0.491. The summed E-state index contributed by atoms with van der Waals surface area (Å²) < 4.78 is 0. The molecule has 0 aliphatic carbocycles. The van der Waals surface area contributed by atoms with Crippen molar-refractivity contribution < 1.29 is 29.4 Å². The number of amides is 1. The van der Waals surface area contributed by atoms with Crippen LogP contribution < -0.4 is 5.32 Å². The Bertz CT molecular complexity index is 298. The van der Waals surface area contributed by atoms with Crippen molar-refractivity contribution in [1.82, 2.24) is 5.32 Å². The minimum atomic E-state index is -1.51. The fourth-order valence-corrected chi connectivity index (χ4v) is 0.846. The molecular weight excluding hydrogens is 206 g/mol. The van der Waals surface area contributed by atoms with Crippen LogP contribution in [0, 0.1) is 0 Å².